The van der Waals surface area contributed by atoms with Crippen molar-refractivity contribution in [3.05, 3.63) is 83.4 Å². The van der Waals surface area contributed by atoms with E-state index in [0.29, 0.717) is 11.8 Å². The molecule has 2 aromatic carbocycles. The monoisotopic (exact) mass is 284 g/mol. The Morgan fingerprint density at radius 1 is 0.900 bits per heavy atom. The van der Waals surface area contributed by atoms with Crippen LogP contribution in [0, 0.1) is 5.92 Å². The highest BCUT2D eigenvalue weighted by Gasteiger charge is 2.13. The van der Waals surface area contributed by atoms with Crippen molar-refractivity contribution in [3.8, 4) is 0 Å². The quantitative estimate of drug-likeness (QED) is 0.492. The number of hydrogen-bond acceptors (Lipinski definition) is 0. The lowest BCUT2D eigenvalue weighted by Crippen LogP contribution is -2.03. The van der Waals surface area contributed by atoms with Gasteiger partial charge in [-0.2, -0.15) is 0 Å². The molecule has 0 unspecified atom stereocenters. The van der Waals surface area contributed by atoms with Crippen LogP contribution >= 0.6 is 11.6 Å². The van der Waals surface area contributed by atoms with E-state index in [1.54, 1.807) is 0 Å². The Morgan fingerprint density at radius 3 is 1.70 bits per heavy atom. The molecule has 2 rings (SSSR count). The van der Waals surface area contributed by atoms with Crippen molar-refractivity contribution in [2.45, 2.75) is 19.8 Å². The maximum absolute atomic E-state index is 6.11. The van der Waals surface area contributed by atoms with Crippen molar-refractivity contribution in [1.82, 2.24) is 0 Å². The van der Waals surface area contributed by atoms with Gasteiger partial charge in [0.2, 0.25) is 0 Å². The minimum atomic E-state index is 0.272. The number of allylic oxidation sites excluding steroid dienone is 2. The fraction of sp³-hybridized carbons (Fsp3) is 0.263. The summed E-state index contributed by atoms with van der Waals surface area (Å²) in [6.45, 7) is 4.39. The van der Waals surface area contributed by atoms with Crippen LogP contribution in [0.1, 0.15) is 30.9 Å². The van der Waals surface area contributed by atoms with Gasteiger partial charge in [-0.3, -0.25) is 0 Å². The van der Waals surface area contributed by atoms with E-state index in [0.717, 1.165) is 0 Å². The van der Waals surface area contributed by atoms with Gasteiger partial charge in [0.05, 0.1) is 0 Å². The third-order valence-electron chi connectivity index (χ3n) is 3.59. The zero-order valence-electron chi connectivity index (χ0n) is 12.1. The summed E-state index contributed by atoms with van der Waals surface area (Å²) >= 11 is 6.11. The van der Waals surface area contributed by atoms with E-state index in [9.17, 15) is 0 Å². The van der Waals surface area contributed by atoms with E-state index < -0.39 is 0 Å². The van der Waals surface area contributed by atoms with Crippen molar-refractivity contribution < 1.29 is 0 Å². The normalized spacial score (nSPS) is 12.2. The second kappa shape index (κ2) is 7.31. The van der Waals surface area contributed by atoms with Gasteiger partial charge in [0.25, 0.3) is 0 Å². The largest absolute Gasteiger partial charge is 0.122 e. The van der Waals surface area contributed by atoms with Crippen LogP contribution in [-0.4, -0.2) is 5.88 Å². The summed E-state index contributed by atoms with van der Waals surface area (Å²) in [4.78, 5) is 0. The van der Waals surface area contributed by atoms with Crippen LogP contribution in [-0.2, 0) is 0 Å². The Morgan fingerprint density at radius 2 is 1.35 bits per heavy atom. The van der Waals surface area contributed by atoms with E-state index in [1.165, 1.54) is 16.7 Å². The van der Waals surface area contributed by atoms with Crippen LogP contribution in [0.3, 0.4) is 0 Å². The van der Waals surface area contributed by atoms with Gasteiger partial charge in [-0.25, -0.2) is 0 Å². The van der Waals surface area contributed by atoms with E-state index >= 15 is 0 Å². The molecule has 0 aromatic heterocycles. The number of alkyl halides is 1. The minimum Gasteiger partial charge on any atom is -0.122 e. The van der Waals surface area contributed by atoms with Crippen molar-refractivity contribution >= 4 is 11.6 Å². The molecule has 0 aliphatic heterocycles. The molecule has 0 nitrogen and oxygen atoms in total. The Balaban J connectivity index is 2.45. The second-order valence-electron chi connectivity index (χ2n) is 5.33. The Kier molecular flexibility index (Phi) is 5.43. The van der Waals surface area contributed by atoms with Gasteiger partial charge in [0.15, 0.2) is 0 Å². The molecular formula is C19H21Cl. The summed E-state index contributed by atoms with van der Waals surface area (Å²) in [5, 5.41) is 0. The van der Waals surface area contributed by atoms with Crippen molar-refractivity contribution in [1.29, 1.82) is 0 Å². The smallest absolute Gasteiger partial charge is 0.0436 e. The summed E-state index contributed by atoms with van der Waals surface area (Å²) in [7, 11) is 0. The molecule has 0 heterocycles. The van der Waals surface area contributed by atoms with Crippen molar-refractivity contribution in [3.63, 3.8) is 0 Å². The zero-order valence-corrected chi connectivity index (χ0v) is 12.8. The van der Waals surface area contributed by atoms with E-state index in [2.05, 4.69) is 80.6 Å². The molecule has 0 saturated carbocycles. The highest BCUT2D eigenvalue weighted by Crippen LogP contribution is 2.29. The molecule has 1 heteroatoms. The third kappa shape index (κ3) is 3.74. The fourth-order valence-electron chi connectivity index (χ4n) is 2.31. The lowest BCUT2D eigenvalue weighted by atomic mass is 9.88. The highest BCUT2D eigenvalue weighted by molar-refractivity contribution is 6.19. The first-order valence-electron chi connectivity index (χ1n) is 7.08. The molecule has 0 amide bonds. The first kappa shape index (κ1) is 14.9. The summed E-state index contributed by atoms with van der Waals surface area (Å²) in [5.74, 6) is 1.34. The SMILES string of the molecule is CC(C)/C(=C/C(c1ccccc1)c1ccccc1)CCl. The molecule has 104 valence electrons. The third-order valence-corrected chi connectivity index (χ3v) is 3.90. The van der Waals surface area contributed by atoms with E-state index in [1.807, 2.05) is 0 Å². The molecule has 0 spiro atoms. The van der Waals surface area contributed by atoms with Gasteiger partial charge in [0.1, 0.15) is 0 Å². The van der Waals surface area contributed by atoms with Crippen LogP contribution in [0.4, 0.5) is 0 Å². The van der Waals surface area contributed by atoms with Gasteiger partial charge in [-0.1, -0.05) is 86.2 Å². The predicted octanol–water partition coefficient (Wildman–Crippen LogP) is 5.64. The first-order valence-corrected chi connectivity index (χ1v) is 7.62. The highest BCUT2D eigenvalue weighted by atomic mass is 35.5. The fourth-order valence-corrected chi connectivity index (χ4v) is 2.71. The summed E-state index contributed by atoms with van der Waals surface area (Å²) in [5.41, 5.74) is 3.91. The lowest BCUT2D eigenvalue weighted by molar-refractivity contribution is 0.760. The summed E-state index contributed by atoms with van der Waals surface area (Å²) in [6, 6.07) is 21.2. The minimum absolute atomic E-state index is 0.272. The van der Waals surface area contributed by atoms with Crippen LogP contribution < -0.4 is 0 Å². The molecule has 0 aliphatic carbocycles. The molecule has 0 radical (unpaired) electrons. The molecule has 0 saturated heterocycles. The topological polar surface area (TPSA) is 0 Å². The Bertz CT molecular complexity index is 501. The number of rotatable bonds is 5. The average Bonchev–Trinajstić information content (AvgIpc) is 2.50. The lowest BCUT2D eigenvalue weighted by Gasteiger charge is -2.17. The van der Waals surface area contributed by atoms with Crippen molar-refractivity contribution in [2.75, 3.05) is 5.88 Å². The maximum Gasteiger partial charge on any atom is 0.0436 e. The number of benzene rings is 2. The molecule has 0 bridgehead atoms. The van der Waals surface area contributed by atoms with Crippen LogP contribution in [0.25, 0.3) is 0 Å². The Labute approximate surface area is 127 Å². The first-order chi connectivity index (χ1) is 9.72. The molecular weight excluding hydrogens is 264 g/mol. The van der Waals surface area contributed by atoms with E-state index in [-0.39, 0.29) is 5.92 Å². The second-order valence-corrected chi connectivity index (χ2v) is 5.60. The van der Waals surface area contributed by atoms with E-state index in [4.69, 9.17) is 11.6 Å². The van der Waals surface area contributed by atoms with Gasteiger partial charge < -0.3 is 0 Å². The van der Waals surface area contributed by atoms with Crippen LogP contribution in [0.2, 0.25) is 0 Å². The van der Waals surface area contributed by atoms with Gasteiger partial charge >= 0.3 is 0 Å². The van der Waals surface area contributed by atoms with Gasteiger partial charge in [-0.15, -0.1) is 11.6 Å². The molecule has 0 N–H and O–H groups in total. The van der Waals surface area contributed by atoms with Crippen LogP contribution in [0.15, 0.2) is 72.3 Å². The molecule has 2 aromatic rings. The molecule has 0 atom stereocenters. The van der Waals surface area contributed by atoms with Gasteiger partial charge in [-0.05, 0) is 17.0 Å². The standard InChI is InChI=1S/C19H21Cl/c1-15(2)18(14-20)13-19(16-9-5-3-6-10-16)17-11-7-4-8-12-17/h3-13,15,19H,14H2,1-2H3/b18-13+. The molecule has 0 aliphatic rings. The van der Waals surface area contributed by atoms with Crippen molar-refractivity contribution in [2.24, 2.45) is 5.92 Å². The molecule has 0 fully saturated rings. The average molecular weight is 285 g/mol. The number of halogens is 1. The predicted molar refractivity (Wildman–Crippen MR) is 88.4 cm³/mol. The van der Waals surface area contributed by atoms with Crippen LogP contribution in [0.5, 0.6) is 0 Å². The maximum atomic E-state index is 6.11. The van der Waals surface area contributed by atoms with Gasteiger partial charge in [0, 0.05) is 11.8 Å². The summed E-state index contributed by atoms with van der Waals surface area (Å²) in [6.07, 6.45) is 2.32. The molecule has 20 heavy (non-hydrogen) atoms. The number of hydrogen-bond donors (Lipinski definition) is 0. The zero-order chi connectivity index (χ0) is 14.4. The summed E-state index contributed by atoms with van der Waals surface area (Å²) < 4.78 is 0. The Hall–Kier alpha value is -1.53.